The number of ether oxygens (including phenoxy) is 1. The summed E-state index contributed by atoms with van der Waals surface area (Å²) in [5, 5.41) is 1.22. The lowest BCUT2D eigenvalue weighted by molar-refractivity contribution is -0.120. The number of benzene rings is 2. The van der Waals surface area contributed by atoms with E-state index in [1.807, 2.05) is 12.1 Å². The van der Waals surface area contributed by atoms with Crippen molar-refractivity contribution in [2.24, 2.45) is 4.99 Å². The zero-order chi connectivity index (χ0) is 17.8. The smallest absolute Gasteiger partial charge is 0.286 e. The molecule has 0 aliphatic heterocycles. The van der Waals surface area contributed by atoms with Crippen LogP contribution in [0.1, 0.15) is 0 Å². The van der Waals surface area contributed by atoms with E-state index in [2.05, 4.69) is 10.9 Å². The molecule has 0 spiro atoms. The maximum atomic E-state index is 12.2. The summed E-state index contributed by atoms with van der Waals surface area (Å²) in [6, 6.07) is 12.2. The number of carbonyl (C=O) groups is 1. The van der Waals surface area contributed by atoms with Gasteiger partial charge in [0.05, 0.1) is 16.8 Å². The van der Waals surface area contributed by atoms with Crippen molar-refractivity contribution >= 4 is 50.7 Å². The van der Waals surface area contributed by atoms with Gasteiger partial charge in [-0.2, -0.15) is 4.99 Å². The van der Waals surface area contributed by atoms with E-state index in [4.69, 9.17) is 34.4 Å². The number of thiazole rings is 1. The normalized spacial score (nSPS) is 11.5. The molecule has 0 saturated heterocycles. The SMILES string of the molecule is C#CCn1c(=NC(=O)COc2ccc(Cl)cc2)sc2cc(Cl)ccc21. The van der Waals surface area contributed by atoms with Gasteiger partial charge in [0.15, 0.2) is 11.4 Å². The van der Waals surface area contributed by atoms with Gasteiger partial charge in [0.2, 0.25) is 0 Å². The average Bonchev–Trinajstić information content (AvgIpc) is 2.91. The number of hydrogen-bond acceptors (Lipinski definition) is 3. The van der Waals surface area contributed by atoms with E-state index in [0.29, 0.717) is 27.1 Å². The number of halogens is 2. The van der Waals surface area contributed by atoms with E-state index in [9.17, 15) is 4.79 Å². The Morgan fingerprint density at radius 1 is 1.20 bits per heavy atom. The van der Waals surface area contributed by atoms with Crippen molar-refractivity contribution in [1.82, 2.24) is 4.57 Å². The van der Waals surface area contributed by atoms with E-state index in [0.717, 1.165) is 10.2 Å². The highest BCUT2D eigenvalue weighted by Crippen LogP contribution is 2.21. The van der Waals surface area contributed by atoms with E-state index in [1.54, 1.807) is 34.9 Å². The standard InChI is InChI=1S/C18H12Cl2N2O2S/c1-2-9-22-15-8-5-13(20)10-16(15)25-18(22)21-17(23)11-24-14-6-3-12(19)4-7-14/h1,3-8,10H,9,11H2. The van der Waals surface area contributed by atoms with Gasteiger partial charge in [-0.1, -0.05) is 40.5 Å². The predicted molar refractivity (Wildman–Crippen MR) is 101 cm³/mol. The lowest BCUT2D eigenvalue weighted by Gasteiger charge is -2.03. The summed E-state index contributed by atoms with van der Waals surface area (Å²) in [6.45, 7) is 0.137. The van der Waals surface area contributed by atoms with Crippen LogP contribution in [0.5, 0.6) is 5.75 Å². The lowest BCUT2D eigenvalue weighted by atomic mass is 10.3. The van der Waals surface area contributed by atoms with Gasteiger partial charge in [0.25, 0.3) is 5.91 Å². The van der Waals surface area contributed by atoms with Gasteiger partial charge < -0.3 is 9.30 Å². The van der Waals surface area contributed by atoms with Gasteiger partial charge >= 0.3 is 0 Å². The molecule has 0 aliphatic carbocycles. The topological polar surface area (TPSA) is 43.6 Å². The monoisotopic (exact) mass is 390 g/mol. The van der Waals surface area contributed by atoms with Crippen molar-refractivity contribution in [1.29, 1.82) is 0 Å². The minimum absolute atomic E-state index is 0.174. The summed E-state index contributed by atoms with van der Waals surface area (Å²) in [6.07, 6.45) is 5.43. The molecule has 7 heteroatoms. The fourth-order valence-electron chi connectivity index (χ4n) is 2.19. The molecule has 4 nitrogen and oxygen atoms in total. The summed E-state index contributed by atoms with van der Waals surface area (Å²) >= 11 is 13.2. The number of nitrogens with zero attached hydrogens (tertiary/aromatic N) is 2. The first-order valence-corrected chi connectivity index (χ1v) is 8.82. The Morgan fingerprint density at radius 3 is 2.64 bits per heavy atom. The Hall–Kier alpha value is -2.26. The van der Waals surface area contributed by atoms with Crippen molar-refractivity contribution in [3.8, 4) is 18.1 Å². The highest BCUT2D eigenvalue weighted by Gasteiger charge is 2.08. The van der Waals surface area contributed by atoms with Crippen LogP contribution in [-0.4, -0.2) is 17.1 Å². The van der Waals surface area contributed by atoms with Crippen molar-refractivity contribution < 1.29 is 9.53 Å². The molecule has 0 fully saturated rings. The second-order valence-corrected chi connectivity index (χ2v) is 6.92. The Kier molecular flexibility index (Phi) is 5.44. The number of amides is 1. The van der Waals surface area contributed by atoms with E-state index < -0.39 is 5.91 Å². The highest BCUT2D eigenvalue weighted by molar-refractivity contribution is 7.16. The Balaban J connectivity index is 1.86. The molecular weight excluding hydrogens is 379 g/mol. The summed E-state index contributed by atoms with van der Waals surface area (Å²) < 4.78 is 8.13. The molecule has 2 aromatic carbocycles. The number of aromatic nitrogens is 1. The van der Waals surface area contributed by atoms with Crippen molar-refractivity contribution in [3.63, 3.8) is 0 Å². The van der Waals surface area contributed by atoms with Crippen LogP contribution in [0.15, 0.2) is 47.5 Å². The van der Waals surface area contributed by atoms with Crippen LogP contribution >= 0.6 is 34.5 Å². The molecule has 0 atom stereocenters. The molecule has 1 amide bonds. The van der Waals surface area contributed by atoms with Gasteiger partial charge in [0.1, 0.15) is 5.75 Å². The third kappa shape index (κ3) is 4.23. The predicted octanol–water partition coefficient (Wildman–Crippen LogP) is 4.15. The van der Waals surface area contributed by atoms with Gasteiger partial charge in [0, 0.05) is 10.0 Å². The van der Waals surface area contributed by atoms with Crippen LogP contribution in [-0.2, 0) is 11.3 Å². The molecule has 3 aromatic rings. The molecule has 1 heterocycles. The maximum Gasteiger partial charge on any atom is 0.286 e. The largest absolute Gasteiger partial charge is 0.484 e. The van der Waals surface area contributed by atoms with Crippen LogP contribution in [0.4, 0.5) is 0 Å². The first-order chi connectivity index (χ1) is 12.1. The molecule has 0 bridgehead atoms. The Morgan fingerprint density at radius 2 is 1.92 bits per heavy atom. The van der Waals surface area contributed by atoms with Gasteiger partial charge in [-0.3, -0.25) is 4.79 Å². The quantitative estimate of drug-likeness (QED) is 0.628. The lowest BCUT2D eigenvalue weighted by Crippen LogP contribution is -2.19. The van der Waals surface area contributed by atoms with Crippen LogP contribution in [0, 0.1) is 12.3 Å². The maximum absolute atomic E-state index is 12.2. The minimum atomic E-state index is -0.404. The van der Waals surface area contributed by atoms with Crippen LogP contribution in [0.25, 0.3) is 10.2 Å². The van der Waals surface area contributed by atoms with Gasteiger partial charge in [-0.25, -0.2) is 0 Å². The number of terminal acetylenes is 1. The van der Waals surface area contributed by atoms with Gasteiger partial charge in [-0.05, 0) is 42.5 Å². The van der Waals surface area contributed by atoms with E-state index in [1.165, 1.54) is 11.3 Å². The third-order valence-electron chi connectivity index (χ3n) is 3.29. The highest BCUT2D eigenvalue weighted by atomic mass is 35.5. The van der Waals surface area contributed by atoms with E-state index in [-0.39, 0.29) is 6.61 Å². The Bertz CT molecular complexity index is 1030. The molecular formula is C18H12Cl2N2O2S. The fourth-order valence-corrected chi connectivity index (χ4v) is 3.64. The number of rotatable bonds is 4. The minimum Gasteiger partial charge on any atom is -0.484 e. The first kappa shape index (κ1) is 17.6. The molecule has 0 N–H and O–H groups in total. The molecule has 0 unspecified atom stereocenters. The van der Waals surface area contributed by atoms with Crippen molar-refractivity contribution in [2.45, 2.75) is 6.54 Å². The zero-order valence-electron chi connectivity index (χ0n) is 12.9. The number of fused-ring (bicyclic) bond motifs is 1. The summed E-state index contributed by atoms with van der Waals surface area (Å²) in [7, 11) is 0. The van der Waals surface area contributed by atoms with Crippen molar-refractivity contribution in [2.75, 3.05) is 6.61 Å². The first-order valence-electron chi connectivity index (χ1n) is 7.25. The number of carbonyl (C=O) groups excluding carboxylic acids is 1. The molecule has 0 radical (unpaired) electrons. The third-order valence-corrected chi connectivity index (χ3v) is 4.82. The van der Waals surface area contributed by atoms with Crippen LogP contribution in [0.2, 0.25) is 10.0 Å². The number of hydrogen-bond donors (Lipinski definition) is 0. The summed E-state index contributed by atoms with van der Waals surface area (Å²) in [5.41, 5.74) is 0.887. The summed E-state index contributed by atoms with van der Waals surface area (Å²) in [4.78, 5) is 16.8. The Labute approximate surface area is 158 Å². The molecule has 0 aliphatic rings. The second kappa shape index (κ2) is 7.75. The molecule has 126 valence electrons. The molecule has 0 saturated carbocycles. The second-order valence-electron chi connectivity index (χ2n) is 5.04. The molecule has 1 aromatic heterocycles. The van der Waals surface area contributed by atoms with E-state index >= 15 is 0 Å². The van der Waals surface area contributed by atoms with Crippen molar-refractivity contribution in [3.05, 3.63) is 57.3 Å². The molecule has 3 rings (SSSR count). The van der Waals surface area contributed by atoms with Crippen LogP contribution < -0.4 is 9.54 Å². The summed E-state index contributed by atoms with van der Waals surface area (Å²) in [5.74, 6) is 2.72. The fraction of sp³-hybridized carbons (Fsp3) is 0.111. The zero-order valence-corrected chi connectivity index (χ0v) is 15.2. The average molecular weight is 391 g/mol. The van der Waals surface area contributed by atoms with Gasteiger partial charge in [-0.15, -0.1) is 6.42 Å². The molecule has 25 heavy (non-hydrogen) atoms. The van der Waals surface area contributed by atoms with Crippen LogP contribution in [0.3, 0.4) is 0 Å².